The van der Waals surface area contributed by atoms with Crippen LogP contribution in [-0.2, 0) is 0 Å². The molecule has 7 heteroatoms. The van der Waals surface area contributed by atoms with E-state index in [1.54, 1.807) is 0 Å². The Bertz CT molecular complexity index is 677. The third kappa shape index (κ3) is 3.31. The maximum absolute atomic E-state index is 13.8. The highest BCUT2D eigenvalue weighted by molar-refractivity contribution is 5.71. The highest BCUT2D eigenvalue weighted by Crippen LogP contribution is 2.31. The summed E-state index contributed by atoms with van der Waals surface area (Å²) in [6.07, 6.45) is 0.836. The molecule has 0 aliphatic carbocycles. The van der Waals surface area contributed by atoms with Gasteiger partial charge >= 0.3 is 0 Å². The van der Waals surface area contributed by atoms with Gasteiger partial charge in [0.1, 0.15) is 17.5 Å². The number of benzene rings is 1. The molecule has 0 spiro atoms. The van der Waals surface area contributed by atoms with Crippen molar-refractivity contribution in [2.24, 2.45) is 0 Å². The molecule has 0 amide bonds. The summed E-state index contributed by atoms with van der Waals surface area (Å²) in [4.78, 5) is 14.4. The fourth-order valence-corrected chi connectivity index (χ4v) is 1.83. The van der Waals surface area contributed by atoms with Gasteiger partial charge in [-0.25, -0.2) is 13.8 Å². The van der Waals surface area contributed by atoms with Gasteiger partial charge in [0.25, 0.3) is 5.69 Å². The van der Waals surface area contributed by atoms with Crippen molar-refractivity contribution in [2.45, 2.75) is 13.3 Å². The van der Waals surface area contributed by atoms with E-state index in [4.69, 9.17) is 0 Å². The van der Waals surface area contributed by atoms with Crippen LogP contribution in [0.5, 0.6) is 0 Å². The predicted octanol–water partition coefficient (Wildman–Crippen LogP) is 3.76. The zero-order valence-corrected chi connectivity index (χ0v) is 11.3. The first-order valence-electron chi connectivity index (χ1n) is 6.37. The second kappa shape index (κ2) is 6.25. The molecule has 0 fully saturated rings. The highest BCUT2D eigenvalue weighted by atomic mass is 19.1. The van der Waals surface area contributed by atoms with Crippen LogP contribution in [-0.4, -0.2) is 16.5 Å². The van der Waals surface area contributed by atoms with Crippen LogP contribution in [0.3, 0.4) is 0 Å². The fourth-order valence-electron chi connectivity index (χ4n) is 1.83. The molecule has 110 valence electrons. The van der Waals surface area contributed by atoms with E-state index in [1.807, 2.05) is 6.92 Å². The van der Waals surface area contributed by atoms with Crippen molar-refractivity contribution >= 4 is 11.5 Å². The number of nitrogens with one attached hydrogen (secondary N) is 1. The van der Waals surface area contributed by atoms with Crippen LogP contribution in [0.2, 0.25) is 0 Å². The van der Waals surface area contributed by atoms with Crippen molar-refractivity contribution in [1.29, 1.82) is 0 Å². The molecule has 0 saturated carbocycles. The van der Waals surface area contributed by atoms with Crippen LogP contribution in [0.1, 0.15) is 13.3 Å². The third-order valence-corrected chi connectivity index (χ3v) is 2.81. The highest BCUT2D eigenvalue weighted by Gasteiger charge is 2.21. The smallest absolute Gasteiger partial charge is 0.295 e. The van der Waals surface area contributed by atoms with Crippen LogP contribution in [0.25, 0.3) is 11.3 Å². The number of hydrogen-bond donors (Lipinski definition) is 1. The van der Waals surface area contributed by atoms with Crippen LogP contribution in [0.15, 0.2) is 30.3 Å². The molecule has 5 nitrogen and oxygen atoms in total. The van der Waals surface area contributed by atoms with Gasteiger partial charge < -0.3 is 5.32 Å². The SMILES string of the molecule is CCCNc1ccc([N+](=O)[O-])c(-c2cc(F)ccc2F)n1. The Morgan fingerprint density at radius 3 is 2.71 bits per heavy atom. The van der Waals surface area contributed by atoms with E-state index in [0.717, 1.165) is 24.6 Å². The van der Waals surface area contributed by atoms with E-state index in [0.29, 0.717) is 12.4 Å². The zero-order chi connectivity index (χ0) is 15.4. The van der Waals surface area contributed by atoms with Gasteiger partial charge in [0.05, 0.1) is 4.92 Å². The number of hydrogen-bond acceptors (Lipinski definition) is 4. The van der Waals surface area contributed by atoms with Gasteiger partial charge in [-0.2, -0.15) is 0 Å². The number of pyridine rings is 1. The zero-order valence-electron chi connectivity index (χ0n) is 11.3. The van der Waals surface area contributed by atoms with Gasteiger partial charge in [0.2, 0.25) is 0 Å². The number of rotatable bonds is 5. The molecule has 1 aromatic heterocycles. The largest absolute Gasteiger partial charge is 0.370 e. The van der Waals surface area contributed by atoms with Crippen LogP contribution < -0.4 is 5.32 Å². The van der Waals surface area contributed by atoms with Crippen molar-refractivity contribution in [2.75, 3.05) is 11.9 Å². The van der Waals surface area contributed by atoms with Gasteiger partial charge in [0.15, 0.2) is 5.69 Å². The molecule has 0 bridgehead atoms. The minimum atomic E-state index is -0.764. The first kappa shape index (κ1) is 14.8. The van der Waals surface area contributed by atoms with E-state index in [1.165, 1.54) is 12.1 Å². The molecular weight excluding hydrogens is 280 g/mol. The van der Waals surface area contributed by atoms with Gasteiger partial charge in [-0.1, -0.05) is 6.92 Å². The molecule has 0 aliphatic heterocycles. The first-order valence-corrected chi connectivity index (χ1v) is 6.37. The Hall–Kier alpha value is -2.57. The molecular formula is C14H13F2N3O2. The lowest BCUT2D eigenvalue weighted by Gasteiger charge is -2.08. The maximum Gasteiger partial charge on any atom is 0.295 e. The monoisotopic (exact) mass is 293 g/mol. The van der Waals surface area contributed by atoms with Crippen molar-refractivity contribution < 1.29 is 13.7 Å². The molecule has 2 rings (SSSR count). The normalized spacial score (nSPS) is 10.4. The molecule has 21 heavy (non-hydrogen) atoms. The summed E-state index contributed by atoms with van der Waals surface area (Å²) in [6, 6.07) is 5.43. The third-order valence-electron chi connectivity index (χ3n) is 2.81. The van der Waals surface area contributed by atoms with Crippen molar-refractivity contribution in [1.82, 2.24) is 4.98 Å². The fraction of sp³-hybridized carbons (Fsp3) is 0.214. The van der Waals surface area contributed by atoms with Gasteiger partial charge in [-0.15, -0.1) is 0 Å². The summed E-state index contributed by atoms with van der Waals surface area (Å²) in [5, 5.41) is 14.0. The van der Waals surface area contributed by atoms with Crippen molar-refractivity contribution in [3.63, 3.8) is 0 Å². The summed E-state index contributed by atoms with van der Waals surface area (Å²) in [5.41, 5.74) is -0.804. The van der Waals surface area contributed by atoms with Crippen molar-refractivity contribution in [3.05, 3.63) is 52.1 Å². The van der Waals surface area contributed by atoms with E-state index < -0.39 is 16.6 Å². The minimum Gasteiger partial charge on any atom is -0.370 e. The number of anilines is 1. The summed E-state index contributed by atoms with van der Waals surface area (Å²) in [7, 11) is 0. The molecule has 0 atom stereocenters. The minimum absolute atomic E-state index is 0.196. The molecule has 1 aromatic carbocycles. The first-order chi connectivity index (χ1) is 10.0. The lowest BCUT2D eigenvalue weighted by molar-refractivity contribution is -0.384. The van der Waals surface area contributed by atoms with Crippen LogP contribution in [0, 0.1) is 21.7 Å². The number of nitro groups is 1. The molecule has 0 aliphatic rings. The number of nitrogens with zero attached hydrogens (tertiary/aromatic N) is 2. The summed E-state index contributed by atoms with van der Waals surface area (Å²) in [6.45, 7) is 2.57. The Balaban J connectivity index is 2.57. The Morgan fingerprint density at radius 2 is 2.05 bits per heavy atom. The predicted molar refractivity (Wildman–Crippen MR) is 75.0 cm³/mol. The lowest BCUT2D eigenvalue weighted by Crippen LogP contribution is -2.04. The molecule has 0 saturated heterocycles. The summed E-state index contributed by atoms with van der Waals surface area (Å²) < 4.78 is 27.1. The van der Waals surface area contributed by atoms with Crippen molar-refractivity contribution in [3.8, 4) is 11.3 Å². The average molecular weight is 293 g/mol. The van der Waals surface area contributed by atoms with Crippen LogP contribution in [0.4, 0.5) is 20.3 Å². The summed E-state index contributed by atoms with van der Waals surface area (Å²) in [5.74, 6) is -1.07. The molecule has 1 N–H and O–H groups in total. The Morgan fingerprint density at radius 1 is 1.29 bits per heavy atom. The lowest BCUT2D eigenvalue weighted by atomic mass is 10.1. The van der Waals surface area contributed by atoms with Gasteiger partial charge in [-0.3, -0.25) is 10.1 Å². The number of aromatic nitrogens is 1. The van der Waals surface area contributed by atoms with Crippen LogP contribution >= 0.6 is 0 Å². The molecule has 0 unspecified atom stereocenters. The van der Waals surface area contributed by atoms with E-state index in [9.17, 15) is 18.9 Å². The van der Waals surface area contributed by atoms with E-state index in [-0.39, 0.29) is 16.9 Å². The Labute approximate surface area is 119 Å². The van der Waals surface area contributed by atoms with Gasteiger partial charge in [0, 0.05) is 18.2 Å². The average Bonchev–Trinajstić information content (AvgIpc) is 2.47. The van der Waals surface area contributed by atoms with E-state index >= 15 is 0 Å². The standard InChI is InChI=1S/C14H13F2N3O2/c1-2-7-17-13-6-5-12(19(20)21)14(18-13)10-8-9(15)3-4-11(10)16/h3-6,8H,2,7H2,1H3,(H,17,18). The van der Waals surface area contributed by atoms with Gasteiger partial charge in [-0.05, 0) is 30.7 Å². The summed E-state index contributed by atoms with van der Waals surface area (Å²) >= 11 is 0. The second-order valence-corrected chi connectivity index (χ2v) is 4.37. The quantitative estimate of drug-likeness (QED) is 0.673. The Kier molecular flexibility index (Phi) is 4.42. The number of halogens is 2. The second-order valence-electron chi connectivity index (χ2n) is 4.37. The molecule has 1 heterocycles. The molecule has 0 radical (unpaired) electrons. The topological polar surface area (TPSA) is 68.1 Å². The maximum atomic E-state index is 13.8. The molecule has 2 aromatic rings. The van der Waals surface area contributed by atoms with E-state index in [2.05, 4.69) is 10.3 Å².